The number of hydrogen-bond donors (Lipinski definition) is 2. The Balaban J connectivity index is 0.715. The lowest BCUT2D eigenvalue weighted by molar-refractivity contribution is -0.136. The number of nitrogens with one attached hydrogen (secondary N) is 2. The number of fused-ring (bicyclic) bond motifs is 3. The monoisotopic (exact) mass is 821 g/mol. The summed E-state index contributed by atoms with van der Waals surface area (Å²) in [7, 11) is 0. The van der Waals surface area contributed by atoms with Gasteiger partial charge in [-0.25, -0.2) is 9.97 Å². The molecular weight excluding hydrogens is 774 g/mol. The zero-order valence-corrected chi connectivity index (χ0v) is 33.7. The highest BCUT2D eigenvalue weighted by Gasteiger charge is 2.46. The number of halogens is 1. The van der Waals surface area contributed by atoms with E-state index in [1.807, 2.05) is 4.90 Å². The normalized spacial score (nSPS) is 22.9. The van der Waals surface area contributed by atoms with Gasteiger partial charge in [-0.3, -0.25) is 39.1 Å². The van der Waals surface area contributed by atoms with E-state index in [-0.39, 0.29) is 48.1 Å². The maximum Gasteiger partial charge on any atom is 0.264 e. The summed E-state index contributed by atoms with van der Waals surface area (Å²) in [4.78, 5) is 80.9. The molecule has 5 aliphatic rings. The van der Waals surface area contributed by atoms with Crippen LogP contribution < -0.4 is 20.3 Å². The summed E-state index contributed by atoms with van der Waals surface area (Å²) >= 11 is 6.21. The van der Waals surface area contributed by atoms with Crippen LogP contribution >= 0.6 is 11.6 Å². The third kappa shape index (κ3) is 8.60. The minimum atomic E-state index is -0.982. The number of carbonyl (C=O) groups is 5. The topological polar surface area (TPSA) is 181 Å². The fourth-order valence-electron chi connectivity index (χ4n) is 9.20. The summed E-state index contributed by atoms with van der Waals surface area (Å²) in [6.45, 7) is 5.18. The average Bonchev–Trinajstić information content (AvgIpc) is 3.66. The van der Waals surface area contributed by atoms with E-state index >= 15 is 0 Å². The van der Waals surface area contributed by atoms with Gasteiger partial charge in [0, 0.05) is 88.2 Å². The van der Waals surface area contributed by atoms with E-state index in [0.717, 1.165) is 95.4 Å². The molecule has 308 valence electrons. The van der Waals surface area contributed by atoms with Crippen molar-refractivity contribution in [3.63, 3.8) is 0 Å². The van der Waals surface area contributed by atoms with Crippen LogP contribution in [-0.4, -0.2) is 118 Å². The predicted octanol–water partition coefficient (Wildman–Crippen LogP) is 4.80. The maximum absolute atomic E-state index is 13.7. The van der Waals surface area contributed by atoms with Crippen molar-refractivity contribution >= 4 is 52.8 Å². The van der Waals surface area contributed by atoms with Crippen LogP contribution in [0, 0.1) is 11.3 Å². The van der Waals surface area contributed by atoms with Gasteiger partial charge in [0.05, 0.1) is 27.3 Å². The van der Waals surface area contributed by atoms with Crippen molar-refractivity contribution in [2.24, 2.45) is 0 Å². The molecule has 0 aliphatic carbocycles. The summed E-state index contributed by atoms with van der Waals surface area (Å²) in [6.07, 6.45) is 12.1. The molecule has 2 N–H and O–H groups in total. The van der Waals surface area contributed by atoms with Crippen molar-refractivity contribution in [1.29, 1.82) is 5.26 Å². The quantitative estimate of drug-likeness (QED) is 0.168. The summed E-state index contributed by atoms with van der Waals surface area (Å²) in [5, 5.41) is 15.1. The number of nitriles is 1. The van der Waals surface area contributed by atoms with E-state index < -0.39 is 29.7 Å². The Morgan fingerprint density at radius 1 is 0.915 bits per heavy atom. The minimum Gasteiger partial charge on any atom is -0.490 e. The number of unbranched alkanes of at least 4 members (excludes halogenated alkanes) is 4. The predicted molar refractivity (Wildman–Crippen MR) is 218 cm³/mol. The molecule has 3 unspecified atom stereocenters. The molecule has 15 nitrogen and oxygen atoms in total. The summed E-state index contributed by atoms with van der Waals surface area (Å²) < 4.78 is 6.24. The maximum atomic E-state index is 13.7. The van der Waals surface area contributed by atoms with Crippen LogP contribution in [0.4, 0.5) is 11.6 Å². The molecule has 59 heavy (non-hydrogen) atoms. The van der Waals surface area contributed by atoms with Gasteiger partial charge in [-0.1, -0.05) is 36.9 Å². The highest BCUT2D eigenvalue weighted by atomic mass is 35.5. The van der Waals surface area contributed by atoms with Gasteiger partial charge in [0.15, 0.2) is 0 Å². The first-order chi connectivity index (χ1) is 28.7. The number of benzene rings is 2. The standard InChI is InChI=1S/C43H48ClN9O6/c44-34-23-31(12-9-27(34)24-45)59-32-21-29-10-11-30(22-32)52(29)40(56)28-25-47-43(48-26-28)51-19-17-50(18-20-51)16-5-3-1-2-4-15-46-35-8-6-7-33-38(35)42(58)53(41(33)57)36-13-14-37(54)49-39(36)55/h6-9,12,23,25-26,29-30,32,36,46H,1-5,10-11,13-22H2,(H,49,54,55). The molecule has 4 saturated heterocycles. The Hall–Kier alpha value is -5.59. The highest BCUT2D eigenvalue weighted by molar-refractivity contribution is 6.31. The molecule has 3 aromatic rings. The number of ether oxygens (including phenoxy) is 1. The van der Waals surface area contributed by atoms with Crippen LogP contribution in [0.5, 0.6) is 5.75 Å². The third-order valence-corrected chi connectivity index (χ3v) is 12.6. The molecular formula is C43H48ClN9O6. The van der Waals surface area contributed by atoms with E-state index in [0.29, 0.717) is 40.1 Å². The number of piperazine rings is 1. The van der Waals surface area contributed by atoms with E-state index in [1.165, 1.54) is 0 Å². The Kier molecular flexibility index (Phi) is 12.1. The van der Waals surface area contributed by atoms with Crippen molar-refractivity contribution < 1.29 is 28.7 Å². The third-order valence-electron chi connectivity index (χ3n) is 12.3. The molecule has 4 fully saturated rings. The largest absolute Gasteiger partial charge is 0.490 e. The number of imide groups is 2. The smallest absolute Gasteiger partial charge is 0.264 e. The first kappa shape index (κ1) is 40.2. The van der Waals surface area contributed by atoms with Gasteiger partial charge in [-0.15, -0.1) is 0 Å². The average molecular weight is 822 g/mol. The van der Waals surface area contributed by atoms with Gasteiger partial charge in [-0.2, -0.15) is 5.26 Å². The number of amides is 5. The second-order valence-corrected chi connectivity index (χ2v) is 16.4. The number of piperidine rings is 2. The number of nitrogens with zero attached hydrogens (tertiary/aromatic N) is 7. The van der Waals surface area contributed by atoms with Crippen molar-refractivity contribution in [2.45, 2.75) is 94.9 Å². The number of aromatic nitrogens is 2. The van der Waals surface area contributed by atoms with Gasteiger partial charge in [0.25, 0.3) is 17.7 Å². The second-order valence-electron chi connectivity index (χ2n) is 16.0. The molecule has 1 aromatic heterocycles. The zero-order chi connectivity index (χ0) is 41.0. The lowest BCUT2D eigenvalue weighted by atomic mass is 9.98. The summed E-state index contributed by atoms with van der Waals surface area (Å²) in [5.74, 6) is -0.761. The number of rotatable bonds is 14. The van der Waals surface area contributed by atoms with E-state index in [4.69, 9.17) is 21.6 Å². The zero-order valence-electron chi connectivity index (χ0n) is 32.9. The van der Waals surface area contributed by atoms with Crippen molar-refractivity contribution in [3.05, 3.63) is 76.1 Å². The van der Waals surface area contributed by atoms with Crippen LogP contribution in [0.15, 0.2) is 48.8 Å². The van der Waals surface area contributed by atoms with Crippen LogP contribution in [0.2, 0.25) is 5.02 Å². The van der Waals surface area contributed by atoms with Crippen LogP contribution in [0.3, 0.4) is 0 Å². The Labute approximate surface area is 348 Å². The molecule has 0 spiro atoms. The molecule has 8 rings (SSSR count). The van der Waals surface area contributed by atoms with Crippen LogP contribution in [0.1, 0.15) is 107 Å². The van der Waals surface area contributed by atoms with Crippen molar-refractivity contribution in [3.8, 4) is 11.8 Å². The van der Waals surface area contributed by atoms with Crippen molar-refractivity contribution in [2.75, 3.05) is 49.5 Å². The molecule has 16 heteroatoms. The molecule has 5 aliphatic heterocycles. The molecule has 0 saturated carbocycles. The van der Waals surface area contributed by atoms with Gasteiger partial charge < -0.3 is 19.9 Å². The number of carbonyl (C=O) groups excluding carboxylic acids is 5. The van der Waals surface area contributed by atoms with Crippen LogP contribution in [-0.2, 0) is 9.59 Å². The molecule has 6 heterocycles. The van der Waals surface area contributed by atoms with Crippen molar-refractivity contribution in [1.82, 2.24) is 30.0 Å². The van der Waals surface area contributed by atoms with E-state index in [9.17, 15) is 24.0 Å². The first-order valence-corrected chi connectivity index (χ1v) is 21.1. The Morgan fingerprint density at radius 3 is 2.36 bits per heavy atom. The highest BCUT2D eigenvalue weighted by Crippen LogP contribution is 2.39. The van der Waals surface area contributed by atoms with Crippen LogP contribution in [0.25, 0.3) is 0 Å². The molecule has 5 amide bonds. The Bertz CT molecular complexity index is 2140. The molecule has 0 radical (unpaired) electrons. The summed E-state index contributed by atoms with van der Waals surface area (Å²) in [5.41, 5.74) is 2.07. The lowest BCUT2D eigenvalue weighted by Crippen LogP contribution is -2.54. The Morgan fingerprint density at radius 2 is 1.64 bits per heavy atom. The molecule has 2 bridgehead atoms. The van der Waals surface area contributed by atoms with Gasteiger partial charge >= 0.3 is 0 Å². The lowest BCUT2D eigenvalue weighted by Gasteiger charge is -2.39. The molecule has 2 aromatic carbocycles. The number of anilines is 2. The molecule has 3 atom stereocenters. The van der Waals surface area contributed by atoms with Gasteiger partial charge in [0.1, 0.15) is 24.0 Å². The fourth-order valence-corrected chi connectivity index (χ4v) is 9.41. The SMILES string of the molecule is N#Cc1ccc(OC2CC3CCC(C2)N3C(=O)c2cnc(N3CCN(CCCCCCCNc4cccc5c4C(=O)N(C4CCC(=O)NC4=O)C5=O)CC3)nc2)cc1Cl. The van der Waals surface area contributed by atoms with E-state index in [1.54, 1.807) is 48.8 Å². The van der Waals surface area contributed by atoms with E-state index in [2.05, 4.69) is 36.5 Å². The first-order valence-electron chi connectivity index (χ1n) is 20.7. The number of hydrogen-bond acceptors (Lipinski definition) is 12. The van der Waals surface area contributed by atoms with Gasteiger partial charge in [0.2, 0.25) is 17.8 Å². The van der Waals surface area contributed by atoms with Gasteiger partial charge in [-0.05, 0) is 62.9 Å². The second kappa shape index (κ2) is 17.7. The fraction of sp³-hybridized carbons (Fsp3) is 0.488. The minimum absolute atomic E-state index is 0.0249. The summed E-state index contributed by atoms with van der Waals surface area (Å²) in [6, 6.07) is 11.5.